The van der Waals surface area contributed by atoms with Gasteiger partial charge >= 0.3 is 11.9 Å². The molecule has 1 aromatic rings. The predicted octanol–water partition coefficient (Wildman–Crippen LogP) is 2.20. The van der Waals surface area contributed by atoms with E-state index in [-0.39, 0.29) is 18.0 Å². The molecule has 6 heteroatoms. The van der Waals surface area contributed by atoms with Gasteiger partial charge in [0.15, 0.2) is 0 Å². The summed E-state index contributed by atoms with van der Waals surface area (Å²) < 4.78 is 10.8. The van der Waals surface area contributed by atoms with Crippen LogP contribution < -0.4 is 5.32 Å². The van der Waals surface area contributed by atoms with Crippen molar-refractivity contribution < 1.29 is 19.1 Å². The topological polar surface area (TPSA) is 64.6 Å². The Morgan fingerprint density at radius 1 is 1.29 bits per heavy atom. The number of carbonyl (C=O) groups is 2. The molecular weight excluding hydrogens is 338 g/mol. The number of rotatable bonds is 4. The lowest BCUT2D eigenvalue weighted by atomic mass is 9.93. The maximum absolute atomic E-state index is 12.0. The largest absolute Gasteiger partial charge is 0.469 e. The zero-order valence-corrected chi connectivity index (χ0v) is 13.6. The summed E-state index contributed by atoms with van der Waals surface area (Å²) in [6.07, 6.45) is 0.381. The van der Waals surface area contributed by atoms with Crippen molar-refractivity contribution in [1.29, 1.82) is 0 Å². The third-order valence-corrected chi connectivity index (χ3v) is 4.11. The van der Waals surface area contributed by atoms with Crippen LogP contribution in [-0.2, 0) is 19.1 Å². The fourth-order valence-electron chi connectivity index (χ4n) is 2.58. The molecule has 1 fully saturated rings. The summed E-state index contributed by atoms with van der Waals surface area (Å²) in [5.41, 5.74) is 0.945. The first-order valence-corrected chi connectivity index (χ1v) is 7.62. The highest BCUT2D eigenvalue weighted by atomic mass is 79.9. The molecule has 1 aliphatic rings. The van der Waals surface area contributed by atoms with E-state index in [9.17, 15) is 9.59 Å². The average molecular weight is 356 g/mol. The molecule has 1 aliphatic heterocycles. The minimum Gasteiger partial charge on any atom is -0.469 e. The fraction of sp³-hybridized carbons (Fsp3) is 0.467. The summed E-state index contributed by atoms with van der Waals surface area (Å²) in [6.45, 7) is 2.08. The van der Waals surface area contributed by atoms with Crippen LogP contribution in [0.1, 0.15) is 24.9 Å². The van der Waals surface area contributed by atoms with E-state index in [2.05, 4.69) is 21.2 Å². The fourth-order valence-corrected chi connectivity index (χ4v) is 2.84. The summed E-state index contributed by atoms with van der Waals surface area (Å²) in [6, 6.07) is 6.92. The van der Waals surface area contributed by atoms with Crippen molar-refractivity contribution in [3.63, 3.8) is 0 Å². The molecule has 0 unspecified atom stereocenters. The Hall–Kier alpha value is -1.40. The molecule has 1 N–H and O–H groups in total. The predicted molar refractivity (Wildman–Crippen MR) is 80.6 cm³/mol. The summed E-state index contributed by atoms with van der Waals surface area (Å²) in [5, 5.41) is 3.19. The van der Waals surface area contributed by atoms with Crippen molar-refractivity contribution in [3.8, 4) is 0 Å². The third-order valence-electron chi connectivity index (χ3n) is 3.58. The first-order valence-electron chi connectivity index (χ1n) is 6.82. The Labute approximate surface area is 132 Å². The van der Waals surface area contributed by atoms with Gasteiger partial charge in [0.05, 0.1) is 19.6 Å². The van der Waals surface area contributed by atoms with Gasteiger partial charge in [-0.05, 0) is 31.0 Å². The molecule has 21 heavy (non-hydrogen) atoms. The van der Waals surface area contributed by atoms with Crippen LogP contribution in [0.2, 0.25) is 0 Å². The summed E-state index contributed by atoms with van der Waals surface area (Å²) >= 11 is 3.38. The lowest BCUT2D eigenvalue weighted by Gasteiger charge is -2.18. The number of nitrogens with one attached hydrogen (secondary N) is 1. The van der Waals surface area contributed by atoms with Crippen molar-refractivity contribution in [3.05, 3.63) is 34.3 Å². The van der Waals surface area contributed by atoms with E-state index in [1.165, 1.54) is 7.11 Å². The van der Waals surface area contributed by atoms with Crippen molar-refractivity contribution in [2.75, 3.05) is 13.7 Å². The summed E-state index contributed by atoms with van der Waals surface area (Å²) in [4.78, 5) is 23.9. The molecule has 3 atom stereocenters. The molecule has 0 aromatic heterocycles. The molecule has 5 nitrogen and oxygen atoms in total. The van der Waals surface area contributed by atoms with Crippen LogP contribution in [0.15, 0.2) is 28.7 Å². The van der Waals surface area contributed by atoms with E-state index >= 15 is 0 Å². The number of esters is 2. The van der Waals surface area contributed by atoms with Gasteiger partial charge in [0, 0.05) is 10.5 Å². The minimum atomic E-state index is -0.484. The Balaban J connectivity index is 2.21. The Bertz CT molecular complexity index is 517. The van der Waals surface area contributed by atoms with Gasteiger partial charge in [-0.25, -0.2) is 0 Å². The van der Waals surface area contributed by atoms with Crippen LogP contribution in [-0.4, -0.2) is 31.7 Å². The van der Waals surface area contributed by atoms with Crippen LogP contribution in [0.4, 0.5) is 0 Å². The van der Waals surface area contributed by atoms with Crippen molar-refractivity contribution in [2.24, 2.45) is 5.92 Å². The average Bonchev–Trinajstić information content (AvgIpc) is 2.92. The third kappa shape index (κ3) is 3.63. The first kappa shape index (κ1) is 16.0. The SMILES string of the molecule is CCOC(=O)[C@@H]1C[C@H](C(=O)OC)[C@H](c2ccc(Br)cc2)N1. The molecule has 0 amide bonds. The highest BCUT2D eigenvalue weighted by Gasteiger charge is 2.43. The highest BCUT2D eigenvalue weighted by Crippen LogP contribution is 2.34. The Morgan fingerprint density at radius 3 is 2.52 bits per heavy atom. The van der Waals surface area contributed by atoms with E-state index in [4.69, 9.17) is 9.47 Å². The van der Waals surface area contributed by atoms with Crippen molar-refractivity contribution >= 4 is 27.9 Å². The standard InChI is InChI=1S/C15H18BrNO4/c1-3-21-15(19)12-8-11(14(18)20-2)13(17-12)9-4-6-10(16)7-5-9/h4-7,11-13,17H,3,8H2,1-2H3/t11-,12-,13-/m0/s1. The molecule has 0 bridgehead atoms. The molecule has 0 saturated carbocycles. The number of carbonyl (C=O) groups excluding carboxylic acids is 2. The van der Waals surface area contributed by atoms with Crippen LogP contribution >= 0.6 is 15.9 Å². The minimum absolute atomic E-state index is 0.250. The highest BCUT2D eigenvalue weighted by molar-refractivity contribution is 9.10. The van der Waals surface area contributed by atoms with Gasteiger partial charge in [0.1, 0.15) is 6.04 Å². The van der Waals surface area contributed by atoms with Gasteiger partial charge in [-0.2, -0.15) is 0 Å². The zero-order valence-electron chi connectivity index (χ0n) is 12.0. The molecular formula is C15H18BrNO4. The monoisotopic (exact) mass is 355 g/mol. The Kier molecular flexibility index (Phi) is 5.36. The van der Waals surface area contributed by atoms with E-state index in [0.717, 1.165) is 10.0 Å². The molecule has 0 spiro atoms. The van der Waals surface area contributed by atoms with Crippen LogP contribution in [0.3, 0.4) is 0 Å². The number of hydrogen-bond donors (Lipinski definition) is 1. The van der Waals surface area contributed by atoms with Gasteiger partial charge < -0.3 is 9.47 Å². The van der Waals surface area contributed by atoms with Gasteiger partial charge in [0.25, 0.3) is 0 Å². The lowest BCUT2D eigenvalue weighted by molar-refractivity contribution is -0.146. The normalized spacial score (nSPS) is 24.6. The smallest absolute Gasteiger partial charge is 0.323 e. The first-order chi connectivity index (χ1) is 10.1. The number of methoxy groups -OCH3 is 1. The lowest BCUT2D eigenvalue weighted by Crippen LogP contribution is -2.33. The number of benzene rings is 1. The molecule has 1 saturated heterocycles. The van der Waals surface area contributed by atoms with E-state index in [0.29, 0.717) is 13.0 Å². The zero-order chi connectivity index (χ0) is 15.4. The number of ether oxygens (including phenoxy) is 2. The van der Waals surface area contributed by atoms with Crippen LogP contribution in [0, 0.1) is 5.92 Å². The Morgan fingerprint density at radius 2 is 1.95 bits per heavy atom. The van der Waals surface area contributed by atoms with Gasteiger partial charge in [0.2, 0.25) is 0 Å². The molecule has 0 aliphatic carbocycles. The molecule has 0 radical (unpaired) electrons. The summed E-state index contributed by atoms with van der Waals surface area (Å²) in [5.74, 6) is -1.04. The maximum atomic E-state index is 12.0. The number of hydrogen-bond acceptors (Lipinski definition) is 5. The van der Waals surface area contributed by atoms with Crippen molar-refractivity contribution in [1.82, 2.24) is 5.32 Å². The molecule has 2 rings (SSSR count). The quantitative estimate of drug-likeness (QED) is 0.838. The molecule has 1 aromatic carbocycles. The van der Waals surface area contributed by atoms with E-state index < -0.39 is 12.0 Å². The maximum Gasteiger partial charge on any atom is 0.323 e. The van der Waals surface area contributed by atoms with Gasteiger partial charge in [-0.1, -0.05) is 28.1 Å². The van der Waals surface area contributed by atoms with E-state index in [1.54, 1.807) is 6.92 Å². The molecule has 1 heterocycles. The summed E-state index contributed by atoms with van der Waals surface area (Å²) in [7, 11) is 1.36. The van der Waals surface area contributed by atoms with Crippen LogP contribution in [0.25, 0.3) is 0 Å². The van der Waals surface area contributed by atoms with Gasteiger partial charge in [-0.15, -0.1) is 0 Å². The number of halogens is 1. The second-order valence-electron chi connectivity index (χ2n) is 4.87. The van der Waals surface area contributed by atoms with Crippen LogP contribution in [0.5, 0.6) is 0 Å². The molecule has 114 valence electrons. The van der Waals surface area contributed by atoms with Gasteiger partial charge in [-0.3, -0.25) is 14.9 Å². The second kappa shape index (κ2) is 7.04. The second-order valence-corrected chi connectivity index (χ2v) is 5.78. The van der Waals surface area contributed by atoms with E-state index in [1.807, 2.05) is 24.3 Å². The van der Waals surface area contributed by atoms with Crippen molar-refractivity contribution in [2.45, 2.75) is 25.4 Å².